The quantitative estimate of drug-likeness (QED) is 0.400. The van der Waals surface area contributed by atoms with Gasteiger partial charge < -0.3 is 4.74 Å². The van der Waals surface area contributed by atoms with Crippen molar-refractivity contribution in [1.29, 1.82) is 0 Å². The summed E-state index contributed by atoms with van der Waals surface area (Å²) in [4.78, 5) is 16.2. The van der Waals surface area contributed by atoms with Gasteiger partial charge in [-0.1, -0.05) is 11.6 Å². The molecule has 1 atom stereocenters. The zero-order chi connectivity index (χ0) is 23.5. The number of hydrogen-bond acceptors (Lipinski definition) is 6. The Labute approximate surface area is 193 Å². The third-order valence-electron chi connectivity index (χ3n) is 4.60. The molecule has 2 aromatic carbocycles. The van der Waals surface area contributed by atoms with Crippen molar-refractivity contribution in [3.63, 3.8) is 0 Å². The van der Waals surface area contributed by atoms with Crippen molar-refractivity contribution < 1.29 is 26.7 Å². The Morgan fingerprint density at radius 3 is 2.56 bits per heavy atom. The Balaban J connectivity index is 2.05. The molecule has 1 heterocycles. The molecule has 0 aliphatic rings. The number of aryl methyl sites for hydroxylation is 1. The van der Waals surface area contributed by atoms with Crippen LogP contribution in [0, 0.1) is 11.6 Å². The van der Waals surface area contributed by atoms with E-state index < -0.39 is 33.4 Å². The van der Waals surface area contributed by atoms with Gasteiger partial charge in [0.05, 0.1) is 30.2 Å². The summed E-state index contributed by atoms with van der Waals surface area (Å²) < 4.78 is 61.1. The van der Waals surface area contributed by atoms with E-state index in [1.54, 1.807) is 0 Å². The van der Waals surface area contributed by atoms with Crippen LogP contribution in [0.1, 0.15) is 29.3 Å². The molecular weight excluding hydrogens is 482 g/mol. The number of hydrogen-bond donors (Lipinski definition) is 0. The van der Waals surface area contributed by atoms with E-state index in [4.69, 9.17) is 11.6 Å². The lowest BCUT2D eigenvalue weighted by molar-refractivity contribution is -0.140. The maximum Gasteiger partial charge on any atom is 0.305 e. The van der Waals surface area contributed by atoms with Crippen LogP contribution in [0.5, 0.6) is 0 Å². The van der Waals surface area contributed by atoms with Crippen LogP contribution in [-0.4, -0.2) is 26.5 Å². The smallest absolute Gasteiger partial charge is 0.305 e. The molecule has 3 rings (SSSR count). The van der Waals surface area contributed by atoms with Gasteiger partial charge in [0.1, 0.15) is 16.6 Å². The molecule has 0 aliphatic heterocycles. The second-order valence-corrected chi connectivity index (χ2v) is 10.2. The highest BCUT2D eigenvalue weighted by Gasteiger charge is 2.34. The molecule has 11 heteroatoms. The van der Waals surface area contributed by atoms with Crippen molar-refractivity contribution in [3.05, 3.63) is 75.2 Å². The summed E-state index contributed by atoms with van der Waals surface area (Å²) >= 11 is 7.05. The van der Waals surface area contributed by atoms with Crippen molar-refractivity contribution in [1.82, 2.24) is 4.98 Å². The lowest BCUT2D eigenvalue weighted by Gasteiger charge is -2.29. The first kappa shape index (κ1) is 24.1. The molecule has 0 N–H and O–H groups in total. The molecule has 1 unspecified atom stereocenters. The molecule has 0 bridgehead atoms. The summed E-state index contributed by atoms with van der Waals surface area (Å²) in [5, 5.41) is 0.682. The van der Waals surface area contributed by atoms with Gasteiger partial charge in [0.25, 0.3) is 10.0 Å². The van der Waals surface area contributed by atoms with Crippen molar-refractivity contribution in [3.8, 4) is 0 Å². The second-order valence-electron chi connectivity index (χ2n) is 6.77. The highest BCUT2D eigenvalue weighted by atomic mass is 35.5. The number of nitrogens with zero attached hydrogens (tertiary/aromatic N) is 2. The van der Waals surface area contributed by atoms with Crippen LogP contribution in [0.3, 0.4) is 0 Å². The minimum atomic E-state index is -4.32. The molecule has 0 amide bonds. The van der Waals surface area contributed by atoms with E-state index in [1.165, 1.54) is 55.8 Å². The number of anilines is 1. The maximum atomic E-state index is 14.7. The Morgan fingerprint density at radius 1 is 1.22 bits per heavy atom. The third kappa shape index (κ3) is 5.25. The molecule has 32 heavy (non-hydrogen) atoms. The summed E-state index contributed by atoms with van der Waals surface area (Å²) in [7, 11) is -3.03. The predicted octanol–water partition coefficient (Wildman–Crippen LogP) is 5.14. The molecule has 3 aromatic rings. The van der Waals surface area contributed by atoms with Gasteiger partial charge in [0.15, 0.2) is 0 Å². The fraction of sp³-hybridized carbons (Fsp3) is 0.238. The number of aromatic nitrogens is 1. The first-order chi connectivity index (χ1) is 15.1. The second kappa shape index (κ2) is 9.93. The van der Waals surface area contributed by atoms with E-state index in [0.29, 0.717) is 16.5 Å². The molecule has 6 nitrogen and oxygen atoms in total. The number of esters is 1. The Bertz CT molecular complexity index is 1220. The summed E-state index contributed by atoms with van der Waals surface area (Å²) in [5.74, 6) is -2.08. The van der Waals surface area contributed by atoms with E-state index in [9.17, 15) is 22.0 Å². The van der Waals surface area contributed by atoms with Crippen LogP contribution >= 0.6 is 22.9 Å². The number of benzene rings is 2. The zero-order valence-electron chi connectivity index (χ0n) is 17.1. The first-order valence-corrected chi connectivity index (χ1v) is 12.0. The van der Waals surface area contributed by atoms with Crippen LogP contribution in [0.15, 0.2) is 53.6 Å². The molecule has 0 saturated heterocycles. The van der Waals surface area contributed by atoms with Crippen molar-refractivity contribution in [2.75, 3.05) is 11.4 Å². The standard InChI is InChI=1S/C21H19ClF2N2O4S2/c1-13(21-25-12-16(31-21)6-10-20(27)30-2)26(19-11-15(23)5-9-18(19)24)32(28,29)17-7-3-14(22)4-8-17/h3-5,7-9,11-13H,6,10H2,1-2H3. The molecule has 0 aliphatic carbocycles. The number of carbonyl (C=O) groups excluding carboxylic acids is 1. The summed E-state index contributed by atoms with van der Waals surface area (Å²) in [6, 6.07) is 7.00. The number of ether oxygens (including phenoxy) is 1. The number of thiazole rings is 1. The van der Waals surface area contributed by atoms with E-state index in [1.807, 2.05) is 0 Å². The first-order valence-electron chi connectivity index (χ1n) is 9.40. The fourth-order valence-electron chi connectivity index (χ4n) is 2.98. The van der Waals surface area contributed by atoms with E-state index in [2.05, 4.69) is 9.72 Å². The van der Waals surface area contributed by atoms with E-state index in [0.717, 1.165) is 27.4 Å². The lowest BCUT2D eigenvalue weighted by atomic mass is 10.2. The fourth-order valence-corrected chi connectivity index (χ4v) is 5.75. The van der Waals surface area contributed by atoms with E-state index in [-0.39, 0.29) is 17.3 Å². The number of carbonyl (C=O) groups is 1. The van der Waals surface area contributed by atoms with Crippen molar-refractivity contribution >= 4 is 44.6 Å². The van der Waals surface area contributed by atoms with Gasteiger partial charge in [-0.15, -0.1) is 11.3 Å². The zero-order valence-corrected chi connectivity index (χ0v) is 19.5. The topological polar surface area (TPSA) is 76.6 Å². The van der Waals surface area contributed by atoms with Gasteiger partial charge in [-0.2, -0.15) is 0 Å². The van der Waals surface area contributed by atoms with E-state index >= 15 is 0 Å². The van der Waals surface area contributed by atoms with Crippen LogP contribution < -0.4 is 4.31 Å². The summed E-state index contributed by atoms with van der Waals surface area (Å²) in [5.41, 5.74) is -0.446. The minimum absolute atomic E-state index is 0.137. The highest BCUT2D eigenvalue weighted by molar-refractivity contribution is 7.92. The molecule has 0 saturated carbocycles. The van der Waals surface area contributed by atoms with Gasteiger partial charge in [-0.25, -0.2) is 22.2 Å². The van der Waals surface area contributed by atoms with Crippen molar-refractivity contribution in [2.45, 2.75) is 30.7 Å². The van der Waals surface area contributed by atoms with Crippen LogP contribution in [0.25, 0.3) is 0 Å². The average molecular weight is 501 g/mol. The predicted molar refractivity (Wildman–Crippen MR) is 118 cm³/mol. The van der Waals surface area contributed by atoms with Crippen LogP contribution in [0.2, 0.25) is 5.02 Å². The molecule has 170 valence electrons. The lowest BCUT2D eigenvalue weighted by Crippen LogP contribution is -2.34. The van der Waals surface area contributed by atoms with Crippen LogP contribution in [-0.2, 0) is 26.0 Å². The van der Waals surface area contributed by atoms with Gasteiger partial charge in [-0.05, 0) is 49.7 Å². The number of methoxy groups -OCH3 is 1. The van der Waals surface area contributed by atoms with Crippen LogP contribution in [0.4, 0.5) is 14.5 Å². The monoisotopic (exact) mass is 500 g/mol. The largest absolute Gasteiger partial charge is 0.469 e. The summed E-state index contributed by atoms with van der Waals surface area (Å²) in [6.07, 6.45) is 2.02. The van der Waals surface area contributed by atoms with Gasteiger partial charge in [0.2, 0.25) is 0 Å². The summed E-state index contributed by atoms with van der Waals surface area (Å²) in [6.45, 7) is 1.53. The Kier molecular flexibility index (Phi) is 7.47. The molecular formula is C21H19ClF2N2O4S2. The number of sulfonamides is 1. The normalized spacial score (nSPS) is 12.4. The number of halogens is 3. The van der Waals surface area contributed by atoms with Gasteiger partial charge in [-0.3, -0.25) is 9.10 Å². The van der Waals surface area contributed by atoms with Crippen molar-refractivity contribution in [2.24, 2.45) is 0 Å². The Morgan fingerprint density at radius 2 is 1.91 bits per heavy atom. The third-order valence-corrected chi connectivity index (χ3v) is 7.98. The number of rotatable bonds is 8. The molecule has 0 fully saturated rings. The molecule has 1 aromatic heterocycles. The molecule has 0 radical (unpaired) electrons. The Hall–Kier alpha value is -2.56. The maximum absolute atomic E-state index is 14.7. The SMILES string of the molecule is COC(=O)CCc1cnc(C(C)N(c2cc(F)ccc2F)S(=O)(=O)c2ccc(Cl)cc2)s1. The van der Waals surface area contributed by atoms with Gasteiger partial charge in [0, 0.05) is 22.2 Å². The molecule has 0 spiro atoms. The highest BCUT2D eigenvalue weighted by Crippen LogP contribution is 2.37. The van der Waals surface area contributed by atoms with Gasteiger partial charge >= 0.3 is 5.97 Å². The average Bonchev–Trinajstić information content (AvgIpc) is 3.24. The minimum Gasteiger partial charge on any atom is -0.469 e.